The van der Waals surface area contributed by atoms with Gasteiger partial charge in [-0.05, 0) is 87.0 Å². The lowest BCUT2D eigenvalue weighted by atomic mass is 9.99. The summed E-state index contributed by atoms with van der Waals surface area (Å²) in [5.74, 6) is 0.908. The van der Waals surface area contributed by atoms with Gasteiger partial charge in [0.2, 0.25) is 0 Å². The van der Waals surface area contributed by atoms with Crippen LogP contribution in [0.5, 0.6) is 0 Å². The molecule has 1 fully saturated rings. The van der Waals surface area contributed by atoms with Gasteiger partial charge in [0.25, 0.3) is 5.91 Å². The second-order valence-electron chi connectivity index (χ2n) is 8.98. The van der Waals surface area contributed by atoms with Gasteiger partial charge in [-0.1, -0.05) is 37.3 Å². The van der Waals surface area contributed by atoms with E-state index < -0.39 is 0 Å². The molecule has 2 heterocycles. The Balaban J connectivity index is 1.23. The first-order chi connectivity index (χ1) is 14.7. The summed E-state index contributed by atoms with van der Waals surface area (Å²) < 4.78 is 0. The first-order valence-corrected chi connectivity index (χ1v) is 11.6. The highest BCUT2D eigenvalue weighted by Crippen LogP contribution is 2.28. The van der Waals surface area contributed by atoms with Gasteiger partial charge in [0.1, 0.15) is 0 Å². The van der Waals surface area contributed by atoms with Crippen LogP contribution in [0.2, 0.25) is 0 Å². The summed E-state index contributed by atoms with van der Waals surface area (Å²) in [7, 11) is 0. The van der Waals surface area contributed by atoms with E-state index in [1.807, 2.05) is 12.1 Å². The van der Waals surface area contributed by atoms with Crippen molar-refractivity contribution in [3.8, 4) is 0 Å². The molecule has 2 aliphatic heterocycles. The lowest BCUT2D eigenvalue weighted by molar-refractivity contribution is 0.0950. The average Bonchev–Trinajstić information content (AvgIpc) is 2.78. The largest absolute Gasteiger partial charge is 0.367 e. The molecule has 0 aliphatic carbocycles. The van der Waals surface area contributed by atoms with E-state index >= 15 is 0 Å². The van der Waals surface area contributed by atoms with Gasteiger partial charge in [-0.2, -0.15) is 0 Å². The number of para-hydroxylation sites is 1. The highest BCUT2D eigenvalue weighted by atomic mass is 16.1. The molecule has 1 amide bonds. The average molecular weight is 406 g/mol. The number of hydrogen-bond acceptors (Lipinski definition) is 3. The third-order valence-corrected chi connectivity index (χ3v) is 6.61. The number of aryl methyl sites for hydroxylation is 1. The Labute approximate surface area is 181 Å². The number of rotatable bonds is 7. The normalized spacial score (nSPS) is 17.6. The van der Waals surface area contributed by atoms with Crippen LogP contribution >= 0.6 is 0 Å². The fourth-order valence-electron chi connectivity index (χ4n) is 4.65. The summed E-state index contributed by atoms with van der Waals surface area (Å²) in [6, 6.07) is 16.8. The third kappa shape index (κ3) is 5.42. The van der Waals surface area contributed by atoms with E-state index in [1.54, 1.807) is 0 Å². The zero-order valence-electron chi connectivity index (χ0n) is 18.3. The van der Waals surface area contributed by atoms with Crippen LogP contribution in [0.15, 0.2) is 48.5 Å². The van der Waals surface area contributed by atoms with Crippen molar-refractivity contribution in [3.63, 3.8) is 0 Å². The second-order valence-corrected chi connectivity index (χ2v) is 8.98. The molecule has 30 heavy (non-hydrogen) atoms. The Morgan fingerprint density at radius 2 is 1.80 bits per heavy atom. The fourth-order valence-corrected chi connectivity index (χ4v) is 4.65. The Hall–Kier alpha value is -2.33. The van der Waals surface area contributed by atoms with Crippen molar-refractivity contribution in [1.82, 2.24) is 10.2 Å². The summed E-state index contributed by atoms with van der Waals surface area (Å²) in [4.78, 5) is 17.4. The summed E-state index contributed by atoms with van der Waals surface area (Å²) in [5.41, 5.74) is 4.81. The molecule has 2 aliphatic rings. The van der Waals surface area contributed by atoms with Crippen LogP contribution in [0.25, 0.3) is 0 Å². The number of nitrogens with one attached hydrogen (secondary N) is 1. The molecule has 0 spiro atoms. The Kier molecular flexibility index (Phi) is 7.06. The van der Waals surface area contributed by atoms with Crippen molar-refractivity contribution < 1.29 is 4.79 Å². The van der Waals surface area contributed by atoms with Crippen molar-refractivity contribution in [1.29, 1.82) is 0 Å². The molecule has 4 heteroatoms. The Morgan fingerprint density at radius 1 is 1.03 bits per heavy atom. The lowest BCUT2D eigenvalue weighted by Crippen LogP contribution is -2.35. The molecule has 4 rings (SSSR count). The molecule has 0 bridgehead atoms. The summed E-state index contributed by atoms with van der Waals surface area (Å²) >= 11 is 0. The summed E-state index contributed by atoms with van der Waals surface area (Å²) in [6.07, 6.45) is 6.01. The molecule has 0 aromatic heterocycles. The number of benzene rings is 2. The number of anilines is 1. The second kappa shape index (κ2) is 10.1. The van der Waals surface area contributed by atoms with Gasteiger partial charge in [-0.25, -0.2) is 0 Å². The molecule has 2 aromatic carbocycles. The lowest BCUT2D eigenvalue weighted by Gasteiger charge is -2.31. The highest BCUT2D eigenvalue weighted by molar-refractivity contribution is 5.94. The maximum absolute atomic E-state index is 12.5. The van der Waals surface area contributed by atoms with E-state index in [4.69, 9.17) is 0 Å². The summed E-state index contributed by atoms with van der Waals surface area (Å²) in [6.45, 7) is 8.58. The zero-order valence-corrected chi connectivity index (χ0v) is 18.3. The van der Waals surface area contributed by atoms with Gasteiger partial charge in [-0.3, -0.25) is 4.79 Å². The van der Waals surface area contributed by atoms with Crippen LogP contribution in [-0.2, 0) is 13.0 Å². The van der Waals surface area contributed by atoms with E-state index in [1.165, 1.54) is 55.6 Å². The first-order valence-electron chi connectivity index (χ1n) is 11.6. The molecule has 0 radical (unpaired) electrons. The Morgan fingerprint density at radius 3 is 2.60 bits per heavy atom. The van der Waals surface area contributed by atoms with Gasteiger partial charge >= 0.3 is 0 Å². The number of piperidine rings is 1. The fraction of sp³-hybridized carbons (Fsp3) is 0.500. The molecule has 0 atom stereocenters. The molecule has 0 unspecified atom stereocenters. The molecule has 0 saturated carbocycles. The van der Waals surface area contributed by atoms with Gasteiger partial charge in [0.05, 0.1) is 0 Å². The molecule has 2 aromatic rings. The maximum atomic E-state index is 12.5. The number of amides is 1. The van der Waals surface area contributed by atoms with Crippen LogP contribution < -0.4 is 10.2 Å². The van der Waals surface area contributed by atoms with Crippen molar-refractivity contribution in [2.24, 2.45) is 5.92 Å². The third-order valence-electron chi connectivity index (χ3n) is 6.61. The van der Waals surface area contributed by atoms with E-state index in [0.29, 0.717) is 0 Å². The topological polar surface area (TPSA) is 35.6 Å². The van der Waals surface area contributed by atoms with Crippen molar-refractivity contribution in [2.75, 3.05) is 37.6 Å². The van der Waals surface area contributed by atoms with Crippen molar-refractivity contribution in [3.05, 3.63) is 65.2 Å². The predicted molar refractivity (Wildman–Crippen MR) is 124 cm³/mol. The van der Waals surface area contributed by atoms with Crippen LogP contribution in [0.3, 0.4) is 0 Å². The predicted octanol–water partition coefficient (Wildman–Crippen LogP) is 4.49. The Bertz CT molecular complexity index is 824. The molecule has 1 N–H and O–H groups in total. The number of fused-ring (bicyclic) bond motifs is 1. The van der Waals surface area contributed by atoms with E-state index in [9.17, 15) is 4.79 Å². The molecule has 1 saturated heterocycles. The highest BCUT2D eigenvalue weighted by Gasteiger charge is 2.17. The standard InChI is InChI=1S/C26H35N3O/c1-21-13-18-28(19-14-21)16-5-15-27-26(30)24-11-9-22(10-12-24)20-29-17-4-7-23-6-2-3-8-25(23)29/h2-3,6,8-12,21H,4-5,7,13-20H2,1H3,(H,27,30). The molecule has 160 valence electrons. The minimum atomic E-state index is 0.0390. The SMILES string of the molecule is CC1CCN(CCCNC(=O)c2ccc(CN3CCCc4ccccc43)cc2)CC1. The first kappa shape index (κ1) is 20.9. The van der Waals surface area contributed by atoms with E-state index in [2.05, 4.69) is 58.4 Å². The van der Waals surface area contributed by atoms with Gasteiger partial charge in [-0.15, -0.1) is 0 Å². The van der Waals surface area contributed by atoms with Crippen LogP contribution in [0, 0.1) is 5.92 Å². The minimum Gasteiger partial charge on any atom is -0.367 e. The number of hydrogen-bond donors (Lipinski definition) is 1. The number of carbonyl (C=O) groups excluding carboxylic acids is 1. The van der Waals surface area contributed by atoms with E-state index in [0.717, 1.165) is 44.1 Å². The molecule has 4 nitrogen and oxygen atoms in total. The smallest absolute Gasteiger partial charge is 0.251 e. The van der Waals surface area contributed by atoms with Crippen LogP contribution in [0.1, 0.15) is 54.1 Å². The molecular formula is C26H35N3O. The van der Waals surface area contributed by atoms with Crippen molar-refractivity contribution >= 4 is 11.6 Å². The number of carbonyl (C=O) groups is 1. The monoisotopic (exact) mass is 405 g/mol. The van der Waals surface area contributed by atoms with Gasteiger partial charge in [0, 0.05) is 30.9 Å². The van der Waals surface area contributed by atoms with Crippen molar-refractivity contribution in [2.45, 2.75) is 45.6 Å². The van der Waals surface area contributed by atoms with Gasteiger partial charge < -0.3 is 15.1 Å². The van der Waals surface area contributed by atoms with Gasteiger partial charge in [0.15, 0.2) is 0 Å². The van der Waals surface area contributed by atoms with E-state index in [-0.39, 0.29) is 5.91 Å². The maximum Gasteiger partial charge on any atom is 0.251 e. The minimum absolute atomic E-state index is 0.0390. The zero-order chi connectivity index (χ0) is 20.8. The summed E-state index contributed by atoms with van der Waals surface area (Å²) in [5, 5.41) is 3.09. The van der Waals surface area contributed by atoms with Crippen LogP contribution in [-0.4, -0.2) is 43.5 Å². The van der Waals surface area contributed by atoms with Crippen LogP contribution in [0.4, 0.5) is 5.69 Å². The molecular weight excluding hydrogens is 370 g/mol. The number of nitrogens with zero attached hydrogens (tertiary/aromatic N) is 2. The number of likely N-dealkylation sites (tertiary alicyclic amines) is 1. The quantitative estimate of drug-likeness (QED) is 0.690.